The zero-order chi connectivity index (χ0) is 14.8. The lowest BCUT2D eigenvalue weighted by molar-refractivity contribution is 0.171. The van der Waals surface area contributed by atoms with E-state index in [9.17, 15) is 8.42 Å². The number of alkyl halides is 1. The van der Waals surface area contributed by atoms with E-state index in [1.165, 1.54) is 12.1 Å². The van der Waals surface area contributed by atoms with Crippen molar-refractivity contribution in [3.8, 4) is 11.5 Å². The van der Waals surface area contributed by atoms with E-state index in [4.69, 9.17) is 21.1 Å². The number of benzene rings is 1. The molecule has 1 atom stereocenters. The van der Waals surface area contributed by atoms with E-state index in [1.54, 1.807) is 13.0 Å². The lowest BCUT2D eigenvalue weighted by Gasteiger charge is -2.27. The van der Waals surface area contributed by atoms with Gasteiger partial charge in [-0.3, -0.25) is 0 Å². The van der Waals surface area contributed by atoms with Crippen LogP contribution in [0.4, 0.5) is 0 Å². The van der Waals surface area contributed by atoms with Gasteiger partial charge in [-0.1, -0.05) is 6.92 Å². The van der Waals surface area contributed by atoms with Crippen LogP contribution >= 0.6 is 11.6 Å². The van der Waals surface area contributed by atoms with Crippen molar-refractivity contribution >= 4 is 21.6 Å². The predicted octanol–water partition coefficient (Wildman–Crippen LogP) is 2.14. The molecule has 1 unspecified atom stereocenters. The van der Waals surface area contributed by atoms with Crippen LogP contribution in [0.1, 0.15) is 20.3 Å². The summed E-state index contributed by atoms with van der Waals surface area (Å²) >= 11 is 5.85. The molecule has 7 heteroatoms. The summed E-state index contributed by atoms with van der Waals surface area (Å²) in [6.07, 6.45) is 0.598. The van der Waals surface area contributed by atoms with Gasteiger partial charge in [0.25, 0.3) is 0 Å². The fourth-order valence-electron chi connectivity index (χ4n) is 1.77. The highest BCUT2D eigenvalue weighted by molar-refractivity contribution is 7.89. The van der Waals surface area contributed by atoms with Crippen LogP contribution in [0.2, 0.25) is 0 Å². The molecule has 0 amide bonds. The molecule has 5 nitrogen and oxygen atoms in total. The Hall–Kier alpha value is -0.980. The smallest absolute Gasteiger partial charge is 0.241 e. The number of rotatable bonds is 5. The largest absolute Gasteiger partial charge is 0.486 e. The molecule has 0 bridgehead atoms. The molecule has 0 saturated carbocycles. The summed E-state index contributed by atoms with van der Waals surface area (Å²) in [5.41, 5.74) is -0.673. The zero-order valence-electron chi connectivity index (χ0n) is 11.5. The first-order valence-electron chi connectivity index (χ1n) is 6.40. The van der Waals surface area contributed by atoms with Crippen molar-refractivity contribution in [2.24, 2.45) is 0 Å². The van der Waals surface area contributed by atoms with Crippen LogP contribution in [0.3, 0.4) is 0 Å². The molecule has 112 valence electrons. The third kappa shape index (κ3) is 3.19. The van der Waals surface area contributed by atoms with E-state index >= 15 is 0 Å². The number of halogens is 1. The lowest BCUT2D eigenvalue weighted by atomic mass is 10.0. The van der Waals surface area contributed by atoms with Gasteiger partial charge < -0.3 is 9.47 Å². The quantitative estimate of drug-likeness (QED) is 0.845. The van der Waals surface area contributed by atoms with Crippen LogP contribution in [0, 0.1) is 0 Å². The van der Waals surface area contributed by atoms with Crippen LogP contribution in [0.15, 0.2) is 23.1 Å². The SMILES string of the molecule is CCC(C)(CCl)NS(=O)(=O)c1ccc2c(c1)OCCO2. The summed E-state index contributed by atoms with van der Waals surface area (Å²) in [7, 11) is -3.65. The molecular formula is C13H18ClNO4S. The average molecular weight is 320 g/mol. The number of nitrogens with one attached hydrogen (secondary N) is 1. The van der Waals surface area contributed by atoms with E-state index in [2.05, 4.69) is 4.72 Å². The summed E-state index contributed by atoms with van der Waals surface area (Å²) in [5.74, 6) is 1.21. The number of fused-ring (bicyclic) bond motifs is 1. The fraction of sp³-hybridized carbons (Fsp3) is 0.538. The molecule has 1 aliphatic rings. The van der Waals surface area contributed by atoms with Crippen molar-refractivity contribution in [3.05, 3.63) is 18.2 Å². The van der Waals surface area contributed by atoms with E-state index < -0.39 is 15.6 Å². The van der Waals surface area contributed by atoms with Crippen molar-refractivity contribution in [2.75, 3.05) is 19.1 Å². The van der Waals surface area contributed by atoms with Crippen LogP contribution in [0.25, 0.3) is 0 Å². The summed E-state index contributed by atoms with van der Waals surface area (Å²) in [5, 5.41) is 0. The molecule has 0 radical (unpaired) electrons. The van der Waals surface area contributed by atoms with Gasteiger partial charge in [-0.2, -0.15) is 0 Å². The minimum Gasteiger partial charge on any atom is -0.486 e. The molecule has 0 aromatic heterocycles. The number of hydrogen-bond acceptors (Lipinski definition) is 4. The Labute approximate surface area is 124 Å². The van der Waals surface area contributed by atoms with Gasteiger partial charge >= 0.3 is 0 Å². The fourth-order valence-corrected chi connectivity index (χ4v) is 3.60. The summed E-state index contributed by atoms with van der Waals surface area (Å²) in [6.45, 7) is 4.54. The number of hydrogen-bond donors (Lipinski definition) is 1. The van der Waals surface area contributed by atoms with Crippen molar-refractivity contribution in [1.82, 2.24) is 4.72 Å². The van der Waals surface area contributed by atoms with Gasteiger partial charge in [0.2, 0.25) is 10.0 Å². The van der Waals surface area contributed by atoms with Crippen molar-refractivity contribution in [1.29, 1.82) is 0 Å². The Balaban J connectivity index is 2.30. The molecule has 2 rings (SSSR count). The van der Waals surface area contributed by atoms with E-state index in [0.29, 0.717) is 31.1 Å². The minimum atomic E-state index is -3.65. The minimum absolute atomic E-state index is 0.145. The van der Waals surface area contributed by atoms with Gasteiger partial charge in [0.05, 0.1) is 4.90 Å². The summed E-state index contributed by atoms with van der Waals surface area (Å²) in [4.78, 5) is 0.145. The second-order valence-corrected chi connectivity index (χ2v) is 6.91. The maximum Gasteiger partial charge on any atom is 0.241 e. The molecule has 1 aliphatic heterocycles. The zero-order valence-corrected chi connectivity index (χ0v) is 13.1. The summed E-state index contributed by atoms with van der Waals surface area (Å²) in [6, 6.07) is 4.58. The third-order valence-corrected chi connectivity index (χ3v) is 5.51. The van der Waals surface area contributed by atoms with Gasteiger partial charge in [0, 0.05) is 17.5 Å². The first kappa shape index (κ1) is 15.4. The third-order valence-electron chi connectivity index (χ3n) is 3.28. The van der Waals surface area contributed by atoms with Gasteiger partial charge in [0.15, 0.2) is 11.5 Å². The standard InChI is InChI=1S/C13H18ClNO4S/c1-3-13(2,9-14)15-20(16,17)10-4-5-11-12(8-10)19-7-6-18-11/h4-5,8,15H,3,6-7,9H2,1-2H3. The second-order valence-electron chi connectivity index (χ2n) is 4.96. The lowest BCUT2D eigenvalue weighted by Crippen LogP contribution is -2.46. The average Bonchev–Trinajstić information content (AvgIpc) is 2.46. The molecule has 0 spiro atoms. The van der Waals surface area contributed by atoms with Crippen LogP contribution in [-0.4, -0.2) is 33.1 Å². The first-order valence-corrected chi connectivity index (χ1v) is 8.41. The molecule has 20 heavy (non-hydrogen) atoms. The molecule has 0 fully saturated rings. The van der Waals surface area contributed by atoms with Gasteiger partial charge in [-0.25, -0.2) is 13.1 Å². The molecule has 1 aromatic carbocycles. The topological polar surface area (TPSA) is 64.6 Å². The van der Waals surface area contributed by atoms with E-state index in [1.807, 2.05) is 6.92 Å². The van der Waals surface area contributed by atoms with Crippen LogP contribution in [-0.2, 0) is 10.0 Å². The monoisotopic (exact) mass is 319 g/mol. The highest BCUT2D eigenvalue weighted by Gasteiger charge is 2.29. The second kappa shape index (κ2) is 5.79. The molecule has 0 aliphatic carbocycles. The Bertz CT molecular complexity index is 584. The molecule has 0 saturated heterocycles. The van der Waals surface area contributed by atoms with Crippen molar-refractivity contribution in [2.45, 2.75) is 30.7 Å². The van der Waals surface area contributed by atoms with Crippen LogP contribution in [0.5, 0.6) is 11.5 Å². The van der Waals surface area contributed by atoms with Crippen LogP contribution < -0.4 is 14.2 Å². The number of sulfonamides is 1. The maximum absolute atomic E-state index is 12.4. The van der Waals surface area contributed by atoms with Gasteiger partial charge in [-0.15, -0.1) is 11.6 Å². The highest BCUT2D eigenvalue weighted by atomic mass is 35.5. The Morgan fingerprint density at radius 3 is 2.55 bits per heavy atom. The molecule has 1 heterocycles. The molecule has 1 aromatic rings. The van der Waals surface area contributed by atoms with Crippen molar-refractivity contribution in [3.63, 3.8) is 0 Å². The predicted molar refractivity (Wildman–Crippen MR) is 77.2 cm³/mol. The molecular weight excluding hydrogens is 302 g/mol. The van der Waals surface area contributed by atoms with Gasteiger partial charge in [0.1, 0.15) is 13.2 Å². The first-order chi connectivity index (χ1) is 9.40. The highest BCUT2D eigenvalue weighted by Crippen LogP contribution is 2.32. The van der Waals surface area contributed by atoms with E-state index in [0.717, 1.165) is 0 Å². The summed E-state index contributed by atoms with van der Waals surface area (Å²) < 4.78 is 38.2. The Kier molecular flexibility index (Phi) is 4.46. The van der Waals surface area contributed by atoms with Crippen molar-refractivity contribution < 1.29 is 17.9 Å². The molecule has 1 N–H and O–H groups in total. The Morgan fingerprint density at radius 1 is 1.30 bits per heavy atom. The van der Waals surface area contributed by atoms with Gasteiger partial charge in [-0.05, 0) is 25.5 Å². The Morgan fingerprint density at radius 2 is 1.95 bits per heavy atom. The van der Waals surface area contributed by atoms with E-state index in [-0.39, 0.29) is 10.8 Å². The number of ether oxygens (including phenoxy) is 2. The maximum atomic E-state index is 12.4. The normalized spacial score (nSPS) is 17.6.